The van der Waals surface area contributed by atoms with Crippen LogP contribution in [0.4, 0.5) is 0 Å². The molecule has 0 aromatic heterocycles. The van der Waals surface area contributed by atoms with E-state index in [1.807, 2.05) is 19.1 Å². The lowest BCUT2D eigenvalue weighted by Crippen LogP contribution is -1.96. The molecule has 0 atom stereocenters. The molecule has 0 aliphatic rings. The van der Waals surface area contributed by atoms with E-state index in [4.69, 9.17) is 5.11 Å². The highest BCUT2D eigenvalue weighted by atomic mass is 16.4. The fourth-order valence-electron chi connectivity index (χ4n) is 1.51. The van der Waals surface area contributed by atoms with Crippen LogP contribution in [0.3, 0.4) is 0 Å². The molecule has 0 unspecified atom stereocenters. The van der Waals surface area contributed by atoms with Gasteiger partial charge in [-0.25, -0.2) is 4.79 Å². The summed E-state index contributed by atoms with van der Waals surface area (Å²) in [6.07, 6.45) is 16.2. The molecular weight excluding hydrogens is 212 g/mol. The van der Waals surface area contributed by atoms with Crippen LogP contribution in [0.1, 0.15) is 52.4 Å². The minimum Gasteiger partial charge on any atom is -0.478 e. The highest BCUT2D eigenvalue weighted by Crippen LogP contribution is 2.06. The van der Waals surface area contributed by atoms with E-state index in [0.717, 1.165) is 6.42 Å². The molecule has 0 radical (unpaired) electrons. The van der Waals surface area contributed by atoms with E-state index in [1.54, 1.807) is 18.2 Å². The number of carboxylic acid groups (broad SMARTS) is 1. The number of hydrogen-bond acceptors (Lipinski definition) is 1. The molecule has 0 amide bonds. The normalized spacial score (nSPS) is 12.7. The van der Waals surface area contributed by atoms with Gasteiger partial charge in [-0.2, -0.15) is 0 Å². The molecule has 96 valence electrons. The maximum atomic E-state index is 10.8. The Hall–Kier alpha value is -1.31. The van der Waals surface area contributed by atoms with Crippen LogP contribution < -0.4 is 0 Å². The summed E-state index contributed by atoms with van der Waals surface area (Å²) in [6.45, 7) is 4.02. The predicted octanol–water partition coefficient (Wildman–Crippen LogP) is 4.49. The number of rotatable bonds is 9. The van der Waals surface area contributed by atoms with Crippen LogP contribution in [-0.4, -0.2) is 11.1 Å². The van der Waals surface area contributed by atoms with Crippen molar-refractivity contribution in [2.75, 3.05) is 0 Å². The third-order valence-corrected chi connectivity index (χ3v) is 2.48. The summed E-state index contributed by atoms with van der Waals surface area (Å²) in [6, 6.07) is 0. The van der Waals surface area contributed by atoms with Crippen LogP contribution in [0.2, 0.25) is 0 Å². The van der Waals surface area contributed by atoms with Crippen LogP contribution in [0.25, 0.3) is 0 Å². The third kappa shape index (κ3) is 9.61. The van der Waals surface area contributed by atoms with Gasteiger partial charge in [-0.1, -0.05) is 56.9 Å². The molecule has 0 aromatic rings. The van der Waals surface area contributed by atoms with Gasteiger partial charge in [0.2, 0.25) is 0 Å². The molecule has 17 heavy (non-hydrogen) atoms. The van der Waals surface area contributed by atoms with Crippen molar-refractivity contribution in [1.82, 2.24) is 0 Å². The molecule has 0 aliphatic heterocycles. The Kier molecular flexibility index (Phi) is 10.3. The molecular formula is C15H24O2. The average molecular weight is 236 g/mol. The molecule has 2 nitrogen and oxygen atoms in total. The van der Waals surface area contributed by atoms with Gasteiger partial charge in [-0.3, -0.25) is 0 Å². The molecule has 0 spiro atoms. The Morgan fingerprint density at radius 1 is 1.18 bits per heavy atom. The van der Waals surface area contributed by atoms with E-state index in [-0.39, 0.29) is 0 Å². The standard InChI is InChI=1S/C15H24O2/c1-3-5-6-7-8-9-10-11-13-14(12-4-2)15(16)17/h4,10-13H,3,5-9H2,1-2H3,(H,16,17)/b11-10+,12-4+,14-13-. The van der Waals surface area contributed by atoms with E-state index in [2.05, 4.69) is 6.92 Å². The van der Waals surface area contributed by atoms with Crippen LogP contribution in [-0.2, 0) is 4.79 Å². The Balaban J connectivity index is 3.83. The molecule has 1 N–H and O–H groups in total. The van der Waals surface area contributed by atoms with Crippen molar-refractivity contribution < 1.29 is 9.90 Å². The summed E-state index contributed by atoms with van der Waals surface area (Å²) < 4.78 is 0. The van der Waals surface area contributed by atoms with Gasteiger partial charge in [0.15, 0.2) is 0 Å². The second-order valence-corrected chi connectivity index (χ2v) is 4.06. The molecule has 0 aromatic carbocycles. The minimum absolute atomic E-state index is 0.328. The summed E-state index contributed by atoms with van der Waals surface area (Å²) in [5, 5.41) is 8.85. The summed E-state index contributed by atoms with van der Waals surface area (Å²) in [7, 11) is 0. The van der Waals surface area contributed by atoms with Crippen LogP contribution in [0.5, 0.6) is 0 Å². The summed E-state index contributed by atoms with van der Waals surface area (Å²) >= 11 is 0. The number of carboxylic acids is 1. The minimum atomic E-state index is -0.879. The van der Waals surface area contributed by atoms with Crippen molar-refractivity contribution in [3.8, 4) is 0 Å². The first-order valence-electron chi connectivity index (χ1n) is 6.45. The van der Waals surface area contributed by atoms with Gasteiger partial charge in [0.05, 0.1) is 5.57 Å². The molecule has 0 saturated heterocycles. The summed E-state index contributed by atoms with van der Waals surface area (Å²) in [4.78, 5) is 10.8. The van der Waals surface area contributed by atoms with Crippen LogP contribution in [0, 0.1) is 0 Å². The van der Waals surface area contributed by atoms with E-state index in [9.17, 15) is 4.79 Å². The summed E-state index contributed by atoms with van der Waals surface area (Å²) in [5.74, 6) is -0.879. The zero-order valence-electron chi connectivity index (χ0n) is 11.0. The lowest BCUT2D eigenvalue weighted by atomic mass is 10.1. The Morgan fingerprint density at radius 2 is 1.88 bits per heavy atom. The maximum Gasteiger partial charge on any atom is 0.335 e. The first-order valence-corrected chi connectivity index (χ1v) is 6.45. The van der Waals surface area contributed by atoms with Gasteiger partial charge in [0.25, 0.3) is 0 Å². The van der Waals surface area contributed by atoms with Crippen molar-refractivity contribution in [2.24, 2.45) is 0 Å². The fourth-order valence-corrected chi connectivity index (χ4v) is 1.51. The van der Waals surface area contributed by atoms with E-state index in [0.29, 0.717) is 5.57 Å². The number of aliphatic carboxylic acids is 1. The van der Waals surface area contributed by atoms with E-state index < -0.39 is 5.97 Å². The van der Waals surface area contributed by atoms with Crippen molar-refractivity contribution in [2.45, 2.75) is 52.4 Å². The van der Waals surface area contributed by atoms with Gasteiger partial charge in [-0.05, 0) is 25.8 Å². The van der Waals surface area contributed by atoms with Gasteiger partial charge in [0.1, 0.15) is 0 Å². The topological polar surface area (TPSA) is 37.3 Å². The highest BCUT2D eigenvalue weighted by Gasteiger charge is 1.99. The zero-order valence-corrected chi connectivity index (χ0v) is 11.0. The predicted molar refractivity (Wildman–Crippen MR) is 73.0 cm³/mol. The number of allylic oxidation sites excluding steroid dienone is 4. The average Bonchev–Trinajstić information content (AvgIpc) is 2.31. The second kappa shape index (κ2) is 11.2. The Labute approximate surface area is 105 Å². The van der Waals surface area contributed by atoms with Gasteiger partial charge >= 0.3 is 5.97 Å². The highest BCUT2D eigenvalue weighted by molar-refractivity contribution is 5.90. The van der Waals surface area contributed by atoms with Gasteiger partial charge < -0.3 is 5.11 Å². The molecule has 0 heterocycles. The lowest BCUT2D eigenvalue weighted by Gasteiger charge is -1.95. The molecule has 0 bridgehead atoms. The number of carbonyl (C=O) groups is 1. The monoisotopic (exact) mass is 236 g/mol. The van der Waals surface area contributed by atoms with Crippen LogP contribution in [0.15, 0.2) is 36.0 Å². The SMILES string of the molecule is C/C=C/C(=C/C=C/CCCCCCC)C(=O)O. The molecule has 0 aliphatic carbocycles. The van der Waals surface area contributed by atoms with Crippen molar-refractivity contribution >= 4 is 5.97 Å². The Morgan fingerprint density at radius 3 is 2.47 bits per heavy atom. The zero-order chi connectivity index (χ0) is 12.9. The van der Waals surface area contributed by atoms with Gasteiger partial charge in [-0.15, -0.1) is 0 Å². The Bertz CT molecular complexity index is 285. The maximum absolute atomic E-state index is 10.8. The summed E-state index contributed by atoms with van der Waals surface area (Å²) in [5.41, 5.74) is 0.328. The smallest absolute Gasteiger partial charge is 0.335 e. The van der Waals surface area contributed by atoms with E-state index >= 15 is 0 Å². The van der Waals surface area contributed by atoms with Crippen LogP contribution >= 0.6 is 0 Å². The number of hydrogen-bond donors (Lipinski definition) is 1. The van der Waals surface area contributed by atoms with Crippen molar-refractivity contribution in [1.29, 1.82) is 0 Å². The van der Waals surface area contributed by atoms with Gasteiger partial charge in [0, 0.05) is 0 Å². The first kappa shape index (κ1) is 15.7. The third-order valence-electron chi connectivity index (χ3n) is 2.48. The largest absolute Gasteiger partial charge is 0.478 e. The first-order chi connectivity index (χ1) is 8.22. The van der Waals surface area contributed by atoms with Crippen molar-refractivity contribution in [3.05, 3.63) is 36.0 Å². The molecule has 0 saturated carbocycles. The van der Waals surface area contributed by atoms with Crippen molar-refractivity contribution in [3.63, 3.8) is 0 Å². The van der Waals surface area contributed by atoms with E-state index in [1.165, 1.54) is 32.1 Å². The lowest BCUT2D eigenvalue weighted by molar-refractivity contribution is -0.132. The number of unbranched alkanes of at least 4 members (excludes halogenated alkanes) is 5. The quantitative estimate of drug-likeness (QED) is 0.364. The molecule has 0 fully saturated rings. The second-order valence-electron chi connectivity index (χ2n) is 4.06. The molecule has 2 heteroatoms. The fraction of sp³-hybridized carbons (Fsp3) is 0.533. The molecule has 0 rings (SSSR count).